The molecule has 22 heavy (non-hydrogen) atoms. The van der Waals surface area contributed by atoms with Crippen LogP contribution >= 0.6 is 0 Å². The van der Waals surface area contributed by atoms with Gasteiger partial charge in [0.05, 0.1) is 19.2 Å². The second-order valence-corrected chi connectivity index (χ2v) is 5.41. The van der Waals surface area contributed by atoms with Gasteiger partial charge in [-0.15, -0.1) is 0 Å². The minimum atomic E-state index is -0.267. The summed E-state index contributed by atoms with van der Waals surface area (Å²) < 4.78 is 6.61. The molecule has 0 unspecified atom stereocenters. The normalized spacial score (nSPS) is 12.7. The molecule has 0 saturated heterocycles. The van der Waals surface area contributed by atoms with Crippen molar-refractivity contribution in [3.05, 3.63) is 46.8 Å². The van der Waals surface area contributed by atoms with E-state index in [0.717, 1.165) is 41.8 Å². The van der Waals surface area contributed by atoms with Crippen molar-refractivity contribution in [3.8, 4) is 11.8 Å². The summed E-state index contributed by atoms with van der Waals surface area (Å²) in [5, 5.41) is 9.41. The van der Waals surface area contributed by atoms with Crippen LogP contribution in [-0.4, -0.2) is 17.6 Å². The molecule has 0 aliphatic heterocycles. The van der Waals surface area contributed by atoms with Gasteiger partial charge >= 0.3 is 5.97 Å². The highest BCUT2D eigenvalue weighted by Crippen LogP contribution is 2.35. The smallest absolute Gasteiger partial charge is 0.309 e. The van der Waals surface area contributed by atoms with Gasteiger partial charge in [-0.1, -0.05) is 12.1 Å². The largest absolute Gasteiger partial charge is 0.469 e. The van der Waals surface area contributed by atoms with Gasteiger partial charge < -0.3 is 15.0 Å². The zero-order chi connectivity index (χ0) is 15.7. The van der Waals surface area contributed by atoms with Crippen LogP contribution in [0.15, 0.2) is 24.3 Å². The number of carbonyl (C=O) groups is 1. The number of hydrogen-bond acceptors (Lipinski definition) is 4. The van der Waals surface area contributed by atoms with Crippen LogP contribution in [0.1, 0.15) is 28.9 Å². The van der Waals surface area contributed by atoms with Crippen molar-refractivity contribution in [2.45, 2.75) is 25.7 Å². The topological polar surface area (TPSA) is 81.0 Å². The van der Waals surface area contributed by atoms with Crippen molar-refractivity contribution in [2.24, 2.45) is 0 Å². The van der Waals surface area contributed by atoms with E-state index in [9.17, 15) is 10.1 Å². The molecule has 0 saturated carbocycles. The summed E-state index contributed by atoms with van der Waals surface area (Å²) in [4.78, 5) is 11.3. The molecule has 2 aromatic rings. The minimum absolute atomic E-state index is 0.244. The number of anilines is 1. The third kappa shape index (κ3) is 2.23. The standard InChI is InChI=1S/C17H17N3O2/c1-22-16(21)9-11-5-7-12(8-6-11)20-14-4-2-3-13(14)17(19)15(20)10-18/h5-8H,2-4,9,19H2,1H3. The molecule has 3 rings (SSSR count). The minimum Gasteiger partial charge on any atom is -0.469 e. The van der Waals surface area contributed by atoms with E-state index in [4.69, 9.17) is 5.73 Å². The van der Waals surface area contributed by atoms with Crippen molar-refractivity contribution in [2.75, 3.05) is 12.8 Å². The van der Waals surface area contributed by atoms with Crippen LogP contribution in [0.4, 0.5) is 5.69 Å². The van der Waals surface area contributed by atoms with E-state index in [-0.39, 0.29) is 12.4 Å². The second-order valence-electron chi connectivity index (χ2n) is 5.41. The molecule has 1 heterocycles. The zero-order valence-corrected chi connectivity index (χ0v) is 12.4. The first-order chi connectivity index (χ1) is 10.7. The summed E-state index contributed by atoms with van der Waals surface area (Å²) >= 11 is 0. The molecule has 2 N–H and O–H groups in total. The van der Waals surface area contributed by atoms with Gasteiger partial charge in [0.15, 0.2) is 0 Å². The molecule has 0 atom stereocenters. The lowest BCUT2D eigenvalue weighted by Crippen LogP contribution is -2.06. The lowest BCUT2D eigenvalue weighted by molar-refractivity contribution is -0.139. The highest BCUT2D eigenvalue weighted by molar-refractivity contribution is 5.72. The van der Waals surface area contributed by atoms with Gasteiger partial charge in [-0.05, 0) is 42.5 Å². The van der Waals surface area contributed by atoms with Gasteiger partial charge in [-0.25, -0.2) is 0 Å². The first-order valence-electron chi connectivity index (χ1n) is 7.24. The average Bonchev–Trinajstić information content (AvgIpc) is 3.10. The molecule has 1 aliphatic carbocycles. The average molecular weight is 295 g/mol. The van der Waals surface area contributed by atoms with E-state index in [1.165, 1.54) is 7.11 Å². The summed E-state index contributed by atoms with van der Waals surface area (Å²) in [6, 6.07) is 9.80. The number of carbonyl (C=O) groups excluding carboxylic acids is 1. The molecular formula is C17H17N3O2. The molecule has 5 heteroatoms. The van der Waals surface area contributed by atoms with Crippen molar-refractivity contribution in [1.82, 2.24) is 4.57 Å². The Morgan fingerprint density at radius 1 is 1.36 bits per heavy atom. The van der Waals surface area contributed by atoms with E-state index in [1.807, 2.05) is 28.8 Å². The number of nitrogens with zero attached hydrogens (tertiary/aromatic N) is 2. The quantitative estimate of drug-likeness (QED) is 0.880. The number of ether oxygens (including phenoxy) is 1. The van der Waals surface area contributed by atoms with Crippen LogP contribution < -0.4 is 5.73 Å². The van der Waals surface area contributed by atoms with E-state index >= 15 is 0 Å². The maximum atomic E-state index is 11.3. The summed E-state index contributed by atoms with van der Waals surface area (Å²) in [6.07, 6.45) is 3.18. The number of nitrogen functional groups attached to an aromatic ring is 1. The molecule has 0 bridgehead atoms. The fraction of sp³-hybridized carbons (Fsp3) is 0.294. The number of nitriles is 1. The van der Waals surface area contributed by atoms with Crippen LogP contribution in [0.25, 0.3) is 5.69 Å². The summed E-state index contributed by atoms with van der Waals surface area (Å²) in [6.45, 7) is 0. The van der Waals surface area contributed by atoms with Gasteiger partial charge in [0.2, 0.25) is 0 Å². The first-order valence-corrected chi connectivity index (χ1v) is 7.24. The molecule has 1 aliphatic rings. The Morgan fingerprint density at radius 3 is 2.73 bits per heavy atom. The Kier molecular flexibility index (Phi) is 3.60. The second kappa shape index (κ2) is 5.57. The van der Waals surface area contributed by atoms with E-state index in [1.54, 1.807) is 0 Å². The third-order valence-electron chi connectivity index (χ3n) is 4.14. The highest BCUT2D eigenvalue weighted by Gasteiger charge is 2.25. The molecule has 112 valence electrons. The van der Waals surface area contributed by atoms with Crippen LogP contribution in [0, 0.1) is 11.3 Å². The van der Waals surface area contributed by atoms with E-state index < -0.39 is 0 Å². The monoisotopic (exact) mass is 295 g/mol. The van der Waals surface area contributed by atoms with E-state index in [0.29, 0.717) is 11.4 Å². The predicted octanol–water partition coefficient (Wildman–Crippen LogP) is 2.14. The summed E-state index contributed by atoms with van der Waals surface area (Å²) in [5.41, 5.74) is 11.2. The highest BCUT2D eigenvalue weighted by atomic mass is 16.5. The van der Waals surface area contributed by atoms with Crippen molar-refractivity contribution in [1.29, 1.82) is 5.26 Å². The van der Waals surface area contributed by atoms with Crippen molar-refractivity contribution < 1.29 is 9.53 Å². The van der Waals surface area contributed by atoms with Crippen LogP contribution in [0.2, 0.25) is 0 Å². The van der Waals surface area contributed by atoms with Crippen molar-refractivity contribution >= 4 is 11.7 Å². The summed E-state index contributed by atoms with van der Waals surface area (Å²) in [7, 11) is 1.38. The van der Waals surface area contributed by atoms with Gasteiger partial charge in [-0.2, -0.15) is 5.26 Å². The Labute approximate surface area is 128 Å². The summed E-state index contributed by atoms with van der Waals surface area (Å²) in [5.74, 6) is -0.267. The molecule has 0 spiro atoms. The Balaban J connectivity index is 2.00. The number of rotatable bonds is 3. The van der Waals surface area contributed by atoms with E-state index in [2.05, 4.69) is 10.8 Å². The van der Waals surface area contributed by atoms with Crippen molar-refractivity contribution in [3.63, 3.8) is 0 Å². The number of aromatic nitrogens is 1. The van der Waals surface area contributed by atoms with Gasteiger partial charge in [-0.3, -0.25) is 4.79 Å². The number of nitrogens with two attached hydrogens (primary N) is 1. The zero-order valence-electron chi connectivity index (χ0n) is 12.4. The number of esters is 1. The number of benzene rings is 1. The number of hydrogen-bond donors (Lipinski definition) is 1. The van der Waals surface area contributed by atoms with Crippen LogP contribution in [-0.2, 0) is 28.8 Å². The van der Waals surface area contributed by atoms with Gasteiger partial charge in [0.25, 0.3) is 0 Å². The number of methoxy groups -OCH3 is 1. The van der Waals surface area contributed by atoms with Crippen LogP contribution in [0.3, 0.4) is 0 Å². The Morgan fingerprint density at radius 2 is 2.09 bits per heavy atom. The SMILES string of the molecule is COC(=O)Cc1ccc(-n2c(C#N)c(N)c3c2CCC3)cc1. The van der Waals surface area contributed by atoms with Gasteiger partial charge in [0, 0.05) is 11.4 Å². The number of fused-ring (bicyclic) bond motifs is 1. The molecule has 1 aromatic heterocycles. The Hall–Kier alpha value is -2.74. The maximum Gasteiger partial charge on any atom is 0.309 e. The molecular weight excluding hydrogens is 278 g/mol. The fourth-order valence-electron chi connectivity index (χ4n) is 3.06. The lowest BCUT2D eigenvalue weighted by Gasteiger charge is -2.10. The fourth-order valence-corrected chi connectivity index (χ4v) is 3.06. The molecule has 1 aromatic carbocycles. The molecule has 0 fully saturated rings. The first kappa shape index (κ1) is 14.2. The molecule has 0 radical (unpaired) electrons. The Bertz CT molecular complexity index is 767. The van der Waals surface area contributed by atoms with Gasteiger partial charge in [0.1, 0.15) is 11.8 Å². The molecule has 5 nitrogen and oxygen atoms in total. The molecule has 0 amide bonds. The lowest BCUT2D eigenvalue weighted by atomic mass is 10.1. The van der Waals surface area contributed by atoms with Crippen LogP contribution in [0.5, 0.6) is 0 Å². The predicted molar refractivity (Wildman–Crippen MR) is 82.6 cm³/mol. The third-order valence-corrected chi connectivity index (χ3v) is 4.14. The maximum absolute atomic E-state index is 11.3.